The Kier molecular flexibility index (Phi) is 4.05. The second-order valence-electron chi connectivity index (χ2n) is 6.48. The van der Waals surface area contributed by atoms with Crippen LogP contribution in [0.25, 0.3) is 21.5 Å². The molecular weight excluding hydrogens is 412 g/mol. The lowest BCUT2D eigenvalue weighted by Gasteiger charge is -2.09. The minimum absolute atomic E-state index is 0.0653. The van der Waals surface area contributed by atoms with Gasteiger partial charge in [0.1, 0.15) is 34.3 Å². The number of nitrogens with zero attached hydrogens (tertiary/aromatic N) is 4. The van der Waals surface area contributed by atoms with Gasteiger partial charge in [-0.05, 0) is 39.7 Å². The molecule has 0 saturated heterocycles. The Balaban J connectivity index is 1.68. The van der Waals surface area contributed by atoms with Crippen molar-refractivity contribution in [2.24, 2.45) is 0 Å². The summed E-state index contributed by atoms with van der Waals surface area (Å²) in [4.78, 5) is 1.94. The van der Waals surface area contributed by atoms with Gasteiger partial charge < -0.3 is 10.6 Å². The Morgan fingerprint density at radius 2 is 1.30 bits per heavy atom. The fourth-order valence-electron chi connectivity index (χ4n) is 3.52. The number of nitriles is 4. The molecule has 0 amide bonds. The minimum Gasteiger partial charge on any atom is -0.347 e. The molecule has 0 unspecified atom stereocenters. The van der Waals surface area contributed by atoms with Crippen molar-refractivity contribution in [3.63, 3.8) is 0 Å². The van der Waals surface area contributed by atoms with Crippen molar-refractivity contribution >= 4 is 56.4 Å². The van der Waals surface area contributed by atoms with Crippen LogP contribution in [0.5, 0.6) is 0 Å². The third-order valence-corrected chi connectivity index (χ3v) is 7.10. The number of benzene rings is 3. The van der Waals surface area contributed by atoms with Gasteiger partial charge in [-0.25, -0.2) is 0 Å². The van der Waals surface area contributed by atoms with Crippen LogP contribution in [0.3, 0.4) is 0 Å². The molecule has 2 heterocycles. The molecule has 2 N–H and O–H groups in total. The summed E-state index contributed by atoms with van der Waals surface area (Å²) in [5.41, 5.74) is 1.88. The summed E-state index contributed by atoms with van der Waals surface area (Å²) in [6, 6.07) is 19.8. The van der Waals surface area contributed by atoms with Gasteiger partial charge in [0.15, 0.2) is 11.1 Å². The summed E-state index contributed by atoms with van der Waals surface area (Å²) in [6.45, 7) is 0. The largest absolute Gasteiger partial charge is 0.347 e. The van der Waals surface area contributed by atoms with E-state index < -0.39 is 0 Å². The van der Waals surface area contributed by atoms with Gasteiger partial charge in [0.25, 0.3) is 0 Å². The molecule has 0 aromatic heterocycles. The second kappa shape index (κ2) is 6.76. The number of hydrogen-bond donors (Lipinski definition) is 2. The van der Waals surface area contributed by atoms with E-state index in [4.69, 9.17) is 21.0 Å². The summed E-state index contributed by atoms with van der Waals surface area (Å²) < 4.78 is 0. The van der Waals surface area contributed by atoms with Crippen LogP contribution in [-0.4, -0.2) is 0 Å². The van der Waals surface area contributed by atoms with Gasteiger partial charge in [0.2, 0.25) is 0 Å². The minimum atomic E-state index is 0.0653. The molecule has 0 fully saturated rings. The molecule has 0 atom stereocenters. The van der Waals surface area contributed by atoms with Crippen molar-refractivity contribution in [1.82, 2.24) is 0 Å². The lowest BCUT2D eigenvalue weighted by Crippen LogP contribution is -1.92. The first kappa shape index (κ1) is 18.0. The van der Waals surface area contributed by atoms with Crippen molar-refractivity contribution < 1.29 is 0 Å². The first-order valence-electron chi connectivity index (χ1n) is 8.69. The molecule has 2 aliphatic heterocycles. The van der Waals surface area contributed by atoms with Gasteiger partial charge in [-0.3, -0.25) is 0 Å². The molecule has 2 aliphatic rings. The zero-order chi connectivity index (χ0) is 20.8. The van der Waals surface area contributed by atoms with Crippen LogP contribution < -0.4 is 10.6 Å². The molecule has 0 bridgehead atoms. The predicted molar refractivity (Wildman–Crippen MR) is 117 cm³/mol. The third kappa shape index (κ3) is 2.57. The van der Waals surface area contributed by atoms with Crippen LogP contribution in [0.2, 0.25) is 0 Å². The lowest BCUT2D eigenvalue weighted by molar-refractivity contribution is 1.43. The van der Waals surface area contributed by atoms with Crippen molar-refractivity contribution in [1.29, 1.82) is 21.0 Å². The summed E-state index contributed by atoms with van der Waals surface area (Å²) in [6.07, 6.45) is 0. The quantitative estimate of drug-likeness (QED) is 0.359. The monoisotopic (exact) mass is 420 g/mol. The Morgan fingerprint density at radius 3 is 2.00 bits per heavy atom. The van der Waals surface area contributed by atoms with Crippen LogP contribution >= 0.6 is 23.5 Å². The molecule has 0 spiro atoms. The van der Waals surface area contributed by atoms with E-state index in [1.54, 1.807) is 0 Å². The standard InChI is InChI=1S/C22H8N6S2/c23-7-12(8-24)21-28-18-5-11-1-2-15-14(16(11)6-19(18)29-21)3-4-17-20(15)30-22(27-17)13(9-25)10-26/h1-6,27-28H. The molecule has 5 rings (SSSR count). The van der Waals surface area contributed by atoms with E-state index in [-0.39, 0.29) is 11.1 Å². The van der Waals surface area contributed by atoms with Crippen molar-refractivity contribution in [2.75, 3.05) is 10.6 Å². The fraction of sp³-hybridized carbons (Fsp3) is 0. The Bertz CT molecular complexity index is 1510. The number of fused-ring (bicyclic) bond motifs is 6. The highest BCUT2D eigenvalue weighted by molar-refractivity contribution is 8.04. The molecule has 0 radical (unpaired) electrons. The number of thioether (sulfide) groups is 2. The zero-order valence-corrected chi connectivity index (χ0v) is 16.7. The number of allylic oxidation sites excluding steroid dienone is 2. The summed E-state index contributed by atoms with van der Waals surface area (Å²) in [5.74, 6) is 0. The van der Waals surface area contributed by atoms with E-state index >= 15 is 0 Å². The molecule has 0 saturated carbocycles. The first-order valence-corrected chi connectivity index (χ1v) is 10.3. The molecule has 3 aromatic carbocycles. The van der Waals surface area contributed by atoms with E-state index in [9.17, 15) is 0 Å². The fourth-order valence-corrected chi connectivity index (χ4v) is 5.57. The average molecular weight is 420 g/mol. The maximum Gasteiger partial charge on any atom is 0.160 e. The molecule has 6 nitrogen and oxygen atoms in total. The topological polar surface area (TPSA) is 119 Å². The Hall–Kier alpha value is -4.08. The Morgan fingerprint density at radius 1 is 0.667 bits per heavy atom. The van der Waals surface area contributed by atoms with Crippen LogP contribution in [0.4, 0.5) is 11.4 Å². The maximum absolute atomic E-state index is 9.17. The van der Waals surface area contributed by atoms with Crippen molar-refractivity contribution in [2.45, 2.75) is 9.79 Å². The molecule has 30 heavy (non-hydrogen) atoms. The first-order chi connectivity index (χ1) is 14.7. The summed E-state index contributed by atoms with van der Waals surface area (Å²) in [7, 11) is 0. The molecule has 3 aromatic rings. The van der Waals surface area contributed by atoms with Gasteiger partial charge in [0, 0.05) is 9.79 Å². The van der Waals surface area contributed by atoms with E-state index in [0.29, 0.717) is 10.1 Å². The van der Waals surface area contributed by atoms with Gasteiger partial charge in [0.05, 0.1) is 11.4 Å². The van der Waals surface area contributed by atoms with Crippen LogP contribution in [0, 0.1) is 45.3 Å². The van der Waals surface area contributed by atoms with Gasteiger partial charge in [-0.15, -0.1) is 0 Å². The highest BCUT2D eigenvalue weighted by Gasteiger charge is 2.24. The number of anilines is 2. The van der Waals surface area contributed by atoms with Crippen LogP contribution in [0.15, 0.2) is 67.4 Å². The van der Waals surface area contributed by atoms with Crippen LogP contribution in [-0.2, 0) is 0 Å². The highest BCUT2D eigenvalue weighted by Crippen LogP contribution is 2.49. The number of rotatable bonds is 0. The highest BCUT2D eigenvalue weighted by atomic mass is 32.2. The lowest BCUT2D eigenvalue weighted by atomic mass is 10.0. The van der Waals surface area contributed by atoms with E-state index in [0.717, 1.165) is 42.7 Å². The zero-order valence-electron chi connectivity index (χ0n) is 15.1. The van der Waals surface area contributed by atoms with E-state index in [2.05, 4.69) is 16.7 Å². The van der Waals surface area contributed by atoms with Gasteiger partial charge in [-0.2, -0.15) is 21.0 Å². The van der Waals surface area contributed by atoms with Crippen molar-refractivity contribution in [3.8, 4) is 24.3 Å². The summed E-state index contributed by atoms with van der Waals surface area (Å²) in [5, 5.41) is 48.2. The number of hydrogen-bond acceptors (Lipinski definition) is 8. The predicted octanol–water partition coefficient (Wildman–Crippen LogP) is 5.55. The smallest absolute Gasteiger partial charge is 0.160 e. The van der Waals surface area contributed by atoms with E-state index in [1.807, 2.05) is 54.6 Å². The molecule has 8 heteroatoms. The number of nitrogens with one attached hydrogen (secondary N) is 2. The molecular formula is C22H8N6S2. The molecule has 138 valence electrons. The van der Waals surface area contributed by atoms with Crippen molar-refractivity contribution in [3.05, 3.63) is 57.6 Å². The summed E-state index contributed by atoms with van der Waals surface area (Å²) >= 11 is 2.77. The molecule has 0 aliphatic carbocycles. The third-order valence-electron chi connectivity index (χ3n) is 4.88. The maximum atomic E-state index is 9.17. The van der Waals surface area contributed by atoms with Gasteiger partial charge >= 0.3 is 0 Å². The SMILES string of the molecule is N#CC(C#N)=C1Nc2cc3ccc4c5c(ccc4c3cc2S1)NC(=C(C#N)C#N)S5. The average Bonchev–Trinajstić information content (AvgIpc) is 3.37. The van der Waals surface area contributed by atoms with Crippen LogP contribution in [0.1, 0.15) is 0 Å². The van der Waals surface area contributed by atoms with E-state index in [1.165, 1.54) is 23.5 Å². The van der Waals surface area contributed by atoms with Gasteiger partial charge in [-0.1, -0.05) is 41.7 Å². The Labute approximate surface area is 179 Å². The second-order valence-corrected chi connectivity index (χ2v) is 8.55. The normalized spacial score (nSPS) is 13.3.